The van der Waals surface area contributed by atoms with Crippen molar-refractivity contribution < 1.29 is 4.74 Å². The molecule has 0 atom stereocenters. The summed E-state index contributed by atoms with van der Waals surface area (Å²) in [7, 11) is 1.86. The van der Waals surface area contributed by atoms with Gasteiger partial charge in [0.1, 0.15) is 11.6 Å². The monoisotopic (exact) mass is 338 g/mol. The summed E-state index contributed by atoms with van der Waals surface area (Å²) in [5.74, 6) is 1.46. The quantitative estimate of drug-likeness (QED) is 0.669. The van der Waals surface area contributed by atoms with Gasteiger partial charge in [-0.15, -0.1) is 0 Å². The van der Waals surface area contributed by atoms with Gasteiger partial charge in [0, 0.05) is 18.8 Å². The van der Waals surface area contributed by atoms with Crippen molar-refractivity contribution in [3.63, 3.8) is 0 Å². The Morgan fingerprint density at radius 1 is 1.12 bits per heavy atom. The molecule has 3 aromatic rings. The lowest BCUT2D eigenvalue weighted by Gasteiger charge is -2.13. The highest BCUT2D eigenvalue weighted by molar-refractivity contribution is 5.66. The van der Waals surface area contributed by atoms with Crippen LogP contribution in [0.5, 0.6) is 5.75 Å². The molecule has 2 heterocycles. The van der Waals surface area contributed by atoms with Crippen molar-refractivity contribution in [2.45, 2.75) is 19.8 Å². The summed E-state index contributed by atoms with van der Waals surface area (Å²) in [6.45, 7) is 2.61. The molecule has 0 aliphatic carbocycles. The van der Waals surface area contributed by atoms with Crippen LogP contribution in [-0.4, -0.2) is 26.4 Å². The smallest absolute Gasteiger partial charge is 0.222 e. The van der Waals surface area contributed by atoms with E-state index in [1.54, 1.807) is 10.9 Å². The second-order valence-corrected chi connectivity index (χ2v) is 5.85. The number of anilines is 2. The van der Waals surface area contributed by atoms with Gasteiger partial charge in [-0.1, -0.05) is 18.2 Å². The van der Waals surface area contributed by atoms with Crippen molar-refractivity contribution in [3.05, 3.63) is 47.7 Å². The third-order valence-corrected chi connectivity index (χ3v) is 4.04. The number of aromatic nitrogens is 4. The number of hydrogen-bond acceptors (Lipinski definition) is 6. The Bertz CT molecular complexity index is 874. The number of nitrogen functional groups attached to an aromatic ring is 2. The molecule has 0 amide bonds. The van der Waals surface area contributed by atoms with Crippen molar-refractivity contribution >= 4 is 11.8 Å². The van der Waals surface area contributed by atoms with Crippen molar-refractivity contribution in [1.82, 2.24) is 19.7 Å². The average Bonchev–Trinajstić information content (AvgIpc) is 3.00. The van der Waals surface area contributed by atoms with Crippen LogP contribution in [-0.2, 0) is 13.5 Å². The Hall–Kier alpha value is -3.09. The highest BCUT2D eigenvalue weighted by Gasteiger charge is 2.15. The summed E-state index contributed by atoms with van der Waals surface area (Å²) in [6, 6.07) is 9.84. The number of benzene rings is 1. The van der Waals surface area contributed by atoms with Crippen LogP contribution in [0.15, 0.2) is 36.5 Å². The molecule has 0 saturated heterocycles. The maximum absolute atomic E-state index is 6.09. The van der Waals surface area contributed by atoms with Gasteiger partial charge >= 0.3 is 0 Å². The summed E-state index contributed by atoms with van der Waals surface area (Å²) in [4.78, 5) is 8.47. The summed E-state index contributed by atoms with van der Waals surface area (Å²) in [6.07, 6.45) is 3.20. The molecule has 0 saturated carbocycles. The molecular formula is C18H22N6O. The van der Waals surface area contributed by atoms with Crippen LogP contribution in [0.25, 0.3) is 11.4 Å². The van der Waals surface area contributed by atoms with E-state index in [1.165, 1.54) is 0 Å². The SMILES string of the molecule is Cc1ccccc1OCCCc1c(N)nc(N)nc1-c1ccnn1C. The third-order valence-electron chi connectivity index (χ3n) is 4.04. The number of para-hydroxylation sites is 1. The van der Waals surface area contributed by atoms with E-state index in [9.17, 15) is 0 Å². The summed E-state index contributed by atoms with van der Waals surface area (Å²) < 4.78 is 7.60. The van der Waals surface area contributed by atoms with Crippen molar-refractivity contribution in [2.75, 3.05) is 18.1 Å². The van der Waals surface area contributed by atoms with Crippen LogP contribution >= 0.6 is 0 Å². The highest BCUT2D eigenvalue weighted by Crippen LogP contribution is 2.26. The molecule has 130 valence electrons. The molecule has 25 heavy (non-hydrogen) atoms. The fourth-order valence-corrected chi connectivity index (χ4v) is 2.73. The molecular weight excluding hydrogens is 316 g/mol. The molecule has 1 aromatic carbocycles. The summed E-state index contributed by atoms with van der Waals surface area (Å²) in [5, 5.41) is 4.19. The third kappa shape index (κ3) is 3.71. The van der Waals surface area contributed by atoms with Crippen LogP contribution in [0.2, 0.25) is 0 Å². The number of hydrogen-bond donors (Lipinski definition) is 2. The van der Waals surface area contributed by atoms with Crippen molar-refractivity contribution in [2.24, 2.45) is 7.05 Å². The topological polar surface area (TPSA) is 105 Å². The van der Waals surface area contributed by atoms with Gasteiger partial charge in [0.05, 0.1) is 18.0 Å². The van der Waals surface area contributed by atoms with Gasteiger partial charge in [-0.25, -0.2) is 4.98 Å². The van der Waals surface area contributed by atoms with Crippen LogP contribution in [0, 0.1) is 6.92 Å². The fourth-order valence-electron chi connectivity index (χ4n) is 2.73. The Kier molecular flexibility index (Phi) is 4.83. The van der Waals surface area contributed by atoms with E-state index in [4.69, 9.17) is 16.2 Å². The van der Waals surface area contributed by atoms with Gasteiger partial charge in [-0.3, -0.25) is 4.68 Å². The molecule has 0 radical (unpaired) electrons. The lowest BCUT2D eigenvalue weighted by molar-refractivity contribution is 0.309. The van der Waals surface area contributed by atoms with E-state index in [1.807, 2.05) is 44.3 Å². The molecule has 0 spiro atoms. The first-order chi connectivity index (χ1) is 12.1. The van der Waals surface area contributed by atoms with Crippen LogP contribution in [0.3, 0.4) is 0 Å². The molecule has 0 aliphatic rings. The average molecular weight is 338 g/mol. The minimum atomic E-state index is 0.161. The van der Waals surface area contributed by atoms with Gasteiger partial charge in [-0.05, 0) is 37.5 Å². The molecule has 7 nitrogen and oxygen atoms in total. The zero-order chi connectivity index (χ0) is 17.8. The second kappa shape index (κ2) is 7.21. The lowest BCUT2D eigenvalue weighted by Crippen LogP contribution is -2.10. The Labute approximate surface area is 146 Å². The number of rotatable bonds is 6. The number of ether oxygens (including phenoxy) is 1. The van der Waals surface area contributed by atoms with Gasteiger partial charge in [0.2, 0.25) is 5.95 Å². The van der Waals surface area contributed by atoms with Gasteiger partial charge in [-0.2, -0.15) is 10.1 Å². The Morgan fingerprint density at radius 3 is 2.64 bits per heavy atom. The molecule has 7 heteroatoms. The summed E-state index contributed by atoms with van der Waals surface area (Å²) >= 11 is 0. The first-order valence-electron chi connectivity index (χ1n) is 8.15. The number of aryl methyl sites for hydroxylation is 2. The zero-order valence-electron chi connectivity index (χ0n) is 14.4. The lowest BCUT2D eigenvalue weighted by atomic mass is 10.1. The molecule has 3 rings (SSSR count). The van der Waals surface area contributed by atoms with Crippen molar-refractivity contribution in [1.29, 1.82) is 0 Å². The zero-order valence-corrected chi connectivity index (χ0v) is 14.4. The van der Waals surface area contributed by atoms with E-state index >= 15 is 0 Å². The fraction of sp³-hybridized carbons (Fsp3) is 0.278. The second-order valence-electron chi connectivity index (χ2n) is 5.85. The van der Waals surface area contributed by atoms with E-state index in [2.05, 4.69) is 15.1 Å². The standard InChI is InChI=1S/C18H22N6O/c1-12-6-3-4-8-15(12)25-11-5-7-13-16(14-9-10-21-24(14)2)22-18(20)23-17(13)19/h3-4,6,8-10H,5,7,11H2,1-2H3,(H4,19,20,22,23). The maximum Gasteiger partial charge on any atom is 0.222 e. The Morgan fingerprint density at radius 2 is 1.92 bits per heavy atom. The molecule has 0 aliphatic heterocycles. The van der Waals surface area contributed by atoms with E-state index in [0.717, 1.165) is 34.7 Å². The minimum absolute atomic E-state index is 0.161. The molecule has 4 N–H and O–H groups in total. The first kappa shape index (κ1) is 16.8. The largest absolute Gasteiger partial charge is 0.493 e. The first-order valence-corrected chi connectivity index (χ1v) is 8.15. The highest BCUT2D eigenvalue weighted by atomic mass is 16.5. The molecule has 2 aromatic heterocycles. The van der Waals surface area contributed by atoms with Crippen LogP contribution in [0.1, 0.15) is 17.5 Å². The van der Waals surface area contributed by atoms with E-state index in [-0.39, 0.29) is 5.95 Å². The van der Waals surface area contributed by atoms with Gasteiger partial charge < -0.3 is 16.2 Å². The predicted octanol–water partition coefficient (Wildman–Crippen LogP) is 2.36. The van der Waals surface area contributed by atoms with Crippen molar-refractivity contribution in [3.8, 4) is 17.1 Å². The molecule has 0 fully saturated rings. The summed E-state index contributed by atoms with van der Waals surface area (Å²) in [5.41, 5.74) is 15.4. The molecule has 0 bridgehead atoms. The van der Waals surface area contributed by atoms with Crippen LogP contribution < -0.4 is 16.2 Å². The predicted molar refractivity (Wildman–Crippen MR) is 98.1 cm³/mol. The Balaban J connectivity index is 1.74. The maximum atomic E-state index is 6.09. The van der Waals surface area contributed by atoms with Gasteiger partial charge in [0.25, 0.3) is 0 Å². The van der Waals surface area contributed by atoms with E-state index < -0.39 is 0 Å². The van der Waals surface area contributed by atoms with Gasteiger partial charge in [0.15, 0.2) is 0 Å². The number of nitrogens with two attached hydrogens (primary N) is 2. The van der Waals surface area contributed by atoms with Crippen LogP contribution in [0.4, 0.5) is 11.8 Å². The minimum Gasteiger partial charge on any atom is -0.493 e. The molecule has 0 unspecified atom stereocenters. The van der Waals surface area contributed by atoms with E-state index in [0.29, 0.717) is 18.8 Å². The normalized spacial score (nSPS) is 10.8. The number of nitrogens with zero attached hydrogens (tertiary/aromatic N) is 4.